The fourth-order valence-electron chi connectivity index (χ4n) is 5.46. The number of phosphoric ester groups is 1. The van der Waals surface area contributed by atoms with E-state index in [9.17, 15) is 29.2 Å². The average Bonchev–Trinajstić information content (AvgIpc) is 3.57. The Labute approximate surface area is 313 Å². The number of nitrogens with zero attached hydrogens (tertiary/aromatic N) is 4. The molecular weight excluding hydrogens is 709 g/mol. The number of rotatable bonds is 32. The van der Waals surface area contributed by atoms with Crippen molar-refractivity contribution >= 4 is 42.2 Å². The number of nitro groups is 1. The van der Waals surface area contributed by atoms with Crippen LogP contribution in [0.1, 0.15) is 122 Å². The summed E-state index contributed by atoms with van der Waals surface area (Å²) in [4.78, 5) is 48.3. The molecule has 1 aromatic heterocycles. The second-order valence-electron chi connectivity index (χ2n) is 14.5. The van der Waals surface area contributed by atoms with E-state index in [1.54, 1.807) is 6.07 Å². The first-order valence-electron chi connectivity index (χ1n) is 19.2. The monoisotopic (exact) mass is 771 g/mol. The number of anilines is 1. The van der Waals surface area contributed by atoms with Gasteiger partial charge in [0.15, 0.2) is 6.10 Å². The molecule has 0 radical (unpaired) electrons. The molecule has 0 amide bonds. The van der Waals surface area contributed by atoms with Crippen LogP contribution in [0.15, 0.2) is 16.8 Å². The van der Waals surface area contributed by atoms with Gasteiger partial charge in [-0.1, -0.05) is 90.4 Å². The zero-order valence-electron chi connectivity index (χ0n) is 32.2. The molecule has 2 atom stereocenters. The van der Waals surface area contributed by atoms with E-state index in [0.717, 1.165) is 19.3 Å². The number of phosphoric acid groups is 1. The Kier molecular flexibility index (Phi) is 22.4. The van der Waals surface area contributed by atoms with Gasteiger partial charge in [0.05, 0.1) is 32.7 Å². The first-order chi connectivity index (χ1) is 25.3. The molecule has 0 aliphatic carbocycles. The largest absolute Gasteiger partial charge is 0.756 e. The van der Waals surface area contributed by atoms with Crippen LogP contribution < -0.4 is 10.2 Å². The van der Waals surface area contributed by atoms with Crippen molar-refractivity contribution < 1.29 is 51.6 Å². The number of hydrogen-bond acceptors (Lipinski definition) is 14. The number of carbonyl (C=O) groups is 2. The van der Waals surface area contributed by atoms with Crippen LogP contribution in [-0.2, 0) is 32.7 Å². The van der Waals surface area contributed by atoms with Crippen molar-refractivity contribution in [3.63, 3.8) is 0 Å². The van der Waals surface area contributed by atoms with Crippen LogP contribution in [0.3, 0.4) is 0 Å². The molecule has 0 saturated heterocycles. The maximum Gasteiger partial charge on any atom is 0.306 e. The number of ether oxygens (including phenoxy) is 2. The van der Waals surface area contributed by atoms with Gasteiger partial charge in [0.1, 0.15) is 25.3 Å². The number of carbonyl (C=O) groups excluding carboxylic acids is 2. The van der Waals surface area contributed by atoms with E-state index in [0.29, 0.717) is 48.9 Å². The number of non-ortho nitro benzene ring substituents is 1. The van der Waals surface area contributed by atoms with Gasteiger partial charge in [-0.15, -0.1) is 0 Å². The van der Waals surface area contributed by atoms with Crippen LogP contribution in [0.2, 0.25) is 0 Å². The Morgan fingerprint density at radius 3 is 2.04 bits per heavy atom. The second-order valence-corrected chi connectivity index (χ2v) is 15.9. The van der Waals surface area contributed by atoms with E-state index in [1.165, 1.54) is 63.9 Å². The Hall–Kier alpha value is -3.17. The Morgan fingerprint density at radius 1 is 0.849 bits per heavy atom. The van der Waals surface area contributed by atoms with Gasteiger partial charge < -0.3 is 33.2 Å². The van der Waals surface area contributed by atoms with Crippen molar-refractivity contribution in [3.05, 3.63) is 22.2 Å². The summed E-state index contributed by atoms with van der Waals surface area (Å²) in [6, 6.07) is 2.95. The van der Waals surface area contributed by atoms with E-state index >= 15 is 0 Å². The van der Waals surface area contributed by atoms with Gasteiger partial charge in [-0.25, -0.2) is 4.63 Å². The van der Waals surface area contributed by atoms with Gasteiger partial charge in [0, 0.05) is 31.1 Å². The minimum atomic E-state index is -4.69. The summed E-state index contributed by atoms with van der Waals surface area (Å²) in [5.74, 6) is -1.04. The molecule has 0 fully saturated rings. The molecule has 16 nitrogen and oxygen atoms in total. The van der Waals surface area contributed by atoms with Crippen molar-refractivity contribution in [2.24, 2.45) is 0 Å². The van der Waals surface area contributed by atoms with Gasteiger partial charge in [-0.05, 0) is 35.6 Å². The number of esters is 2. The highest BCUT2D eigenvalue weighted by Crippen LogP contribution is 2.38. The van der Waals surface area contributed by atoms with E-state index in [4.69, 9.17) is 18.5 Å². The maximum atomic E-state index is 12.7. The number of nitro benzene ring substituents is 1. The van der Waals surface area contributed by atoms with Crippen LogP contribution in [0, 0.1) is 10.1 Å². The van der Waals surface area contributed by atoms with Gasteiger partial charge >= 0.3 is 17.6 Å². The summed E-state index contributed by atoms with van der Waals surface area (Å²) in [6.45, 7) is 2.15. The fourth-order valence-corrected chi connectivity index (χ4v) is 6.19. The highest BCUT2D eigenvalue weighted by molar-refractivity contribution is 7.45. The number of benzene rings is 1. The van der Waals surface area contributed by atoms with Crippen molar-refractivity contribution in [1.82, 2.24) is 10.3 Å². The maximum absolute atomic E-state index is 12.7. The van der Waals surface area contributed by atoms with Gasteiger partial charge in [-0.3, -0.25) is 24.3 Å². The number of quaternary nitrogens is 1. The summed E-state index contributed by atoms with van der Waals surface area (Å²) in [5, 5.41) is 21.7. The van der Waals surface area contributed by atoms with E-state index in [-0.39, 0.29) is 42.8 Å². The summed E-state index contributed by atoms with van der Waals surface area (Å²) >= 11 is 0. The number of fused-ring (bicyclic) bond motifs is 1. The first kappa shape index (κ1) is 46.0. The van der Waals surface area contributed by atoms with Crippen molar-refractivity contribution in [2.75, 3.05) is 59.4 Å². The third-order valence-corrected chi connectivity index (χ3v) is 9.53. The molecular formula is C36H62N5O11P. The van der Waals surface area contributed by atoms with E-state index < -0.39 is 37.4 Å². The Morgan fingerprint density at radius 2 is 1.43 bits per heavy atom. The first-order valence-corrected chi connectivity index (χ1v) is 20.7. The smallest absolute Gasteiger partial charge is 0.306 e. The van der Waals surface area contributed by atoms with Crippen LogP contribution in [0.4, 0.5) is 11.4 Å². The quantitative estimate of drug-likeness (QED) is 0.0194. The van der Waals surface area contributed by atoms with Crippen LogP contribution >= 0.6 is 7.82 Å². The van der Waals surface area contributed by atoms with Gasteiger partial charge in [-0.2, -0.15) is 0 Å². The molecule has 0 aliphatic rings. The molecule has 1 N–H and O–H groups in total. The second kappa shape index (κ2) is 25.8. The van der Waals surface area contributed by atoms with Crippen LogP contribution in [0.25, 0.3) is 11.0 Å². The normalized spacial score (nSPS) is 13.5. The molecule has 1 heterocycles. The minimum Gasteiger partial charge on any atom is -0.756 e. The van der Waals surface area contributed by atoms with Crippen molar-refractivity contribution in [3.8, 4) is 0 Å². The lowest BCUT2D eigenvalue weighted by molar-refractivity contribution is -0.870. The van der Waals surface area contributed by atoms with E-state index in [1.807, 2.05) is 21.1 Å². The lowest BCUT2D eigenvalue weighted by Crippen LogP contribution is -2.37. The number of nitrogens with one attached hydrogen (secondary N) is 1. The summed E-state index contributed by atoms with van der Waals surface area (Å²) in [5.41, 5.74) is 0.597. The molecule has 2 rings (SSSR count). The summed E-state index contributed by atoms with van der Waals surface area (Å²) in [6.07, 6.45) is 16.3. The Bertz CT molecular complexity index is 1400. The molecule has 0 bridgehead atoms. The molecule has 0 spiro atoms. The van der Waals surface area contributed by atoms with Crippen LogP contribution in [0.5, 0.6) is 0 Å². The fraction of sp³-hybridized carbons (Fsp3) is 0.778. The zero-order valence-corrected chi connectivity index (χ0v) is 33.1. The van der Waals surface area contributed by atoms with Crippen molar-refractivity contribution in [2.45, 2.75) is 129 Å². The van der Waals surface area contributed by atoms with Gasteiger partial charge in [0.2, 0.25) is 5.52 Å². The summed E-state index contributed by atoms with van der Waals surface area (Å²) < 4.78 is 38.2. The third-order valence-electron chi connectivity index (χ3n) is 8.57. The minimum absolute atomic E-state index is 0.0421. The zero-order chi connectivity index (χ0) is 39.0. The number of unbranched alkanes of at least 4 members (excludes halogenated alkanes) is 14. The highest BCUT2D eigenvalue weighted by atomic mass is 31.2. The average molecular weight is 772 g/mol. The SMILES string of the molecule is CCCCCCCCCCCCCCCC(=O)OC[C@H](COP(=O)([O-])OCC[N+](C)(C)C)OC(=O)CCCCCNc1cc([N+](=O)[O-])c2nonc2c1. The molecule has 1 unspecified atom stereocenters. The van der Waals surface area contributed by atoms with E-state index in [2.05, 4.69) is 27.2 Å². The standard InChI is InChI=1S/C36H62N5O11P/c1-5-6-7-8-9-10-11-12-13-14-15-16-18-21-34(42)48-28-31(29-50-53(46,47)49-25-24-41(2,3)4)51-35(43)22-19-17-20-23-37-30-26-32-36(39-52-38-32)33(27-30)40(44)45/h26-27,31H,5-25,28-29H2,1-4H3,(H-,37,38,46,47)/t31-/m1/s1. The Balaban J connectivity index is 1.71. The molecule has 2 aromatic rings. The van der Waals surface area contributed by atoms with Gasteiger partial charge in [0.25, 0.3) is 7.82 Å². The van der Waals surface area contributed by atoms with Crippen molar-refractivity contribution in [1.29, 1.82) is 0 Å². The van der Waals surface area contributed by atoms with Crippen LogP contribution in [-0.4, -0.2) is 91.8 Å². The molecule has 0 aliphatic heterocycles. The molecule has 53 heavy (non-hydrogen) atoms. The predicted octanol–water partition coefficient (Wildman–Crippen LogP) is 7.25. The molecule has 302 valence electrons. The summed E-state index contributed by atoms with van der Waals surface area (Å²) in [7, 11) is 0.984. The number of aromatic nitrogens is 2. The molecule has 17 heteroatoms. The third kappa shape index (κ3) is 22.0. The molecule has 0 saturated carbocycles. The highest BCUT2D eigenvalue weighted by Gasteiger charge is 2.22. The number of likely N-dealkylation sites (N-methyl/N-ethyl adjacent to an activating group) is 1. The lowest BCUT2D eigenvalue weighted by atomic mass is 10.0. The number of hydrogen-bond donors (Lipinski definition) is 1. The molecule has 1 aromatic carbocycles. The topological polar surface area (TPSA) is 205 Å². The lowest BCUT2D eigenvalue weighted by Gasteiger charge is -2.28. The predicted molar refractivity (Wildman–Crippen MR) is 199 cm³/mol.